The number of hydrogen-bond acceptors (Lipinski definition) is 3. The van der Waals surface area contributed by atoms with Gasteiger partial charge < -0.3 is 10.1 Å². The summed E-state index contributed by atoms with van der Waals surface area (Å²) in [6, 6.07) is 0. The second-order valence-corrected chi connectivity index (χ2v) is 3.49. The Bertz CT molecular complexity index is 196. The molecule has 0 aromatic carbocycles. The Morgan fingerprint density at radius 1 is 1.50 bits per heavy atom. The quantitative estimate of drug-likeness (QED) is 0.652. The zero-order valence-corrected chi connectivity index (χ0v) is 9.01. The molecule has 0 aromatic rings. The Hall–Kier alpha value is -0.810. The number of quaternary nitrogens is 1. The average Bonchev–Trinajstić information content (AvgIpc) is 2.19. The molecule has 1 aliphatic rings. The third kappa shape index (κ3) is 2.85. The number of piperazine rings is 1. The lowest BCUT2D eigenvalue weighted by Crippen LogP contribution is -2.66. The summed E-state index contributed by atoms with van der Waals surface area (Å²) in [6.07, 6.45) is -0.309. The molecule has 84 valence electrons. The van der Waals surface area contributed by atoms with Crippen molar-refractivity contribution < 1.29 is 15.6 Å². The van der Waals surface area contributed by atoms with Crippen LogP contribution in [0.2, 0.25) is 0 Å². The van der Waals surface area contributed by atoms with Crippen molar-refractivity contribution in [3.8, 4) is 0 Å². The first-order chi connectivity index (χ1) is 6.72. The van der Waals surface area contributed by atoms with E-state index in [0.717, 1.165) is 32.7 Å². The Morgan fingerprint density at radius 3 is 2.64 bits per heavy atom. The maximum atomic E-state index is 11.3. The first kappa shape index (κ1) is 11.3. The molecule has 1 fully saturated rings. The van der Waals surface area contributed by atoms with Crippen molar-refractivity contribution in [1.82, 2.24) is 10.7 Å². The first-order valence-electron chi connectivity index (χ1n) is 5.24. The highest BCUT2D eigenvalue weighted by Gasteiger charge is 2.30. The third-order valence-corrected chi connectivity index (χ3v) is 2.64. The number of carbonyl (C=O) groups excluding carboxylic acids is 1. The highest BCUT2D eigenvalue weighted by molar-refractivity contribution is 5.65. The van der Waals surface area contributed by atoms with E-state index in [-0.39, 0.29) is 7.52 Å². The maximum Gasteiger partial charge on any atom is 0.451 e. The topological polar surface area (TPSA) is 50.4 Å². The number of rotatable bonds is 3. The van der Waals surface area contributed by atoms with Gasteiger partial charge in [0.15, 0.2) is 0 Å². The van der Waals surface area contributed by atoms with E-state index >= 15 is 0 Å². The third-order valence-electron chi connectivity index (χ3n) is 2.64. The summed E-state index contributed by atoms with van der Waals surface area (Å²) in [6.45, 7) is 8.96. The van der Waals surface area contributed by atoms with Gasteiger partial charge in [-0.15, -0.1) is 0 Å². The van der Waals surface area contributed by atoms with Crippen LogP contribution in [0.1, 0.15) is 15.3 Å². The summed E-state index contributed by atoms with van der Waals surface area (Å²) < 4.78 is 5.52. The molecule has 0 aliphatic carbocycles. The lowest BCUT2D eigenvalue weighted by Gasteiger charge is -2.38. The zero-order chi connectivity index (χ0) is 10.4. The number of ether oxygens (including phenoxy) is 1. The van der Waals surface area contributed by atoms with Gasteiger partial charge in [0, 0.05) is 14.5 Å². The minimum Gasteiger partial charge on any atom is -0.447 e. The van der Waals surface area contributed by atoms with Crippen molar-refractivity contribution in [3.63, 3.8) is 0 Å². The molecule has 1 saturated heterocycles. The van der Waals surface area contributed by atoms with Crippen LogP contribution in [-0.4, -0.2) is 50.0 Å². The summed E-state index contributed by atoms with van der Waals surface area (Å²) in [5.41, 5.74) is 2.92. The Kier molecular flexibility index (Phi) is 4.16. The van der Waals surface area contributed by atoms with E-state index in [4.69, 9.17) is 4.74 Å². The molecule has 0 unspecified atom stereocenters. The molecule has 0 saturated carbocycles. The molecule has 0 spiro atoms. The SMILES string of the molecule is CCOC(=O)N[N+]1(CC)CCNCC1.[HH]. The van der Waals surface area contributed by atoms with Gasteiger partial charge in [-0.25, -0.2) is 9.39 Å². The van der Waals surface area contributed by atoms with E-state index in [1.54, 1.807) is 0 Å². The largest absolute Gasteiger partial charge is 0.451 e. The lowest BCUT2D eigenvalue weighted by molar-refractivity contribution is -0.961. The highest BCUT2D eigenvalue weighted by Crippen LogP contribution is 2.04. The molecular formula is C9H22N3O2+. The van der Waals surface area contributed by atoms with E-state index in [2.05, 4.69) is 17.7 Å². The normalized spacial score (nSPS) is 20.1. The van der Waals surface area contributed by atoms with Crippen molar-refractivity contribution in [2.45, 2.75) is 13.8 Å². The fourth-order valence-corrected chi connectivity index (χ4v) is 1.69. The molecule has 1 rings (SSSR count). The minimum absolute atomic E-state index is 0. The highest BCUT2D eigenvalue weighted by atomic mass is 16.6. The number of hydrogen-bond donors (Lipinski definition) is 2. The van der Waals surface area contributed by atoms with Crippen LogP contribution in [0, 0.1) is 0 Å². The van der Waals surface area contributed by atoms with E-state index in [0.29, 0.717) is 11.2 Å². The van der Waals surface area contributed by atoms with Crippen molar-refractivity contribution in [1.29, 1.82) is 0 Å². The van der Waals surface area contributed by atoms with Crippen molar-refractivity contribution in [2.24, 2.45) is 0 Å². The summed E-state index contributed by atoms with van der Waals surface area (Å²) in [5, 5.41) is 3.27. The fourth-order valence-electron chi connectivity index (χ4n) is 1.69. The predicted molar refractivity (Wildman–Crippen MR) is 55.7 cm³/mol. The van der Waals surface area contributed by atoms with Gasteiger partial charge in [0.25, 0.3) is 0 Å². The van der Waals surface area contributed by atoms with E-state index in [1.807, 2.05) is 6.92 Å². The summed E-state index contributed by atoms with van der Waals surface area (Å²) in [7, 11) is 0. The molecule has 0 atom stereocenters. The van der Waals surface area contributed by atoms with E-state index in [1.165, 1.54) is 0 Å². The van der Waals surface area contributed by atoms with Gasteiger partial charge in [0.05, 0.1) is 13.2 Å². The van der Waals surface area contributed by atoms with Gasteiger partial charge >= 0.3 is 6.09 Å². The van der Waals surface area contributed by atoms with Gasteiger partial charge in [0.2, 0.25) is 0 Å². The van der Waals surface area contributed by atoms with Crippen molar-refractivity contribution in [2.75, 3.05) is 39.3 Å². The number of carbonyl (C=O) groups is 1. The number of amides is 1. The smallest absolute Gasteiger partial charge is 0.447 e. The lowest BCUT2D eigenvalue weighted by atomic mass is 10.3. The van der Waals surface area contributed by atoms with Crippen LogP contribution in [-0.2, 0) is 4.74 Å². The average molecular weight is 204 g/mol. The first-order valence-corrected chi connectivity index (χ1v) is 5.24. The molecule has 5 heteroatoms. The summed E-state index contributed by atoms with van der Waals surface area (Å²) >= 11 is 0. The molecular weight excluding hydrogens is 182 g/mol. The predicted octanol–water partition coefficient (Wildman–Crippen LogP) is 0.333. The molecule has 0 bridgehead atoms. The van der Waals surface area contributed by atoms with Crippen LogP contribution in [0.3, 0.4) is 0 Å². The van der Waals surface area contributed by atoms with Crippen LogP contribution in [0.15, 0.2) is 0 Å². The Labute approximate surface area is 86.5 Å². The molecule has 1 aliphatic heterocycles. The van der Waals surface area contributed by atoms with E-state index in [9.17, 15) is 4.79 Å². The summed E-state index contributed by atoms with van der Waals surface area (Å²) in [4.78, 5) is 11.3. The van der Waals surface area contributed by atoms with Crippen LogP contribution in [0.5, 0.6) is 0 Å². The summed E-state index contributed by atoms with van der Waals surface area (Å²) in [5.74, 6) is 0. The monoisotopic (exact) mass is 204 g/mol. The zero-order valence-electron chi connectivity index (χ0n) is 9.01. The molecule has 0 radical (unpaired) electrons. The fraction of sp³-hybridized carbons (Fsp3) is 0.889. The van der Waals surface area contributed by atoms with Gasteiger partial charge in [-0.2, -0.15) is 5.43 Å². The van der Waals surface area contributed by atoms with E-state index < -0.39 is 0 Å². The maximum absolute atomic E-state index is 11.3. The van der Waals surface area contributed by atoms with Gasteiger partial charge in [-0.05, 0) is 13.8 Å². The molecule has 0 aromatic heterocycles. The van der Waals surface area contributed by atoms with Gasteiger partial charge in [-0.1, -0.05) is 0 Å². The Balaban J connectivity index is 0.00000196. The molecule has 5 nitrogen and oxygen atoms in total. The molecule has 1 amide bonds. The van der Waals surface area contributed by atoms with Gasteiger partial charge in [-0.3, -0.25) is 0 Å². The standard InChI is InChI=1S/C9H19N3O2.H2/c1-3-12(7-5-10-6-8-12)11-9(13)14-4-2;/h10H,3-8H2,1-2H3;1H/p+1. The Morgan fingerprint density at radius 2 is 2.14 bits per heavy atom. The van der Waals surface area contributed by atoms with Crippen LogP contribution >= 0.6 is 0 Å². The van der Waals surface area contributed by atoms with Crippen LogP contribution < -0.4 is 10.7 Å². The van der Waals surface area contributed by atoms with Gasteiger partial charge in [0.1, 0.15) is 13.1 Å². The van der Waals surface area contributed by atoms with Crippen LogP contribution in [0.25, 0.3) is 0 Å². The number of nitrogens with one attached hydrogen (secondary N) is 2. The molecule has 14 heavy (non-hydrogen) atoms. The minimum atomic E-state index is -0.309. The molecule has 2 N–H and O–H groups in total. The van der Waals surface area contributed by atoms with Crippen LogP contribution in [0.4, 0.5) is 4.79 Å². The second-order valence-electron chi connectivity index (χ2n) is 3.49. The van der Waals surface area contributed by atoms with Crippen molar-refractivity contribution in [3.05, 3.63) is 0 Å². The number of nitrogens with zero attached hydrogens (tertiary/aromatic N) is 1. The molecule has 1 heterocycles. The van der Waals surface area contributed by atoms with Crippen molar-refractivity contribution >= 4 is 6.09 Å². The number of likely N-dealkylation sites (N-methyl/N-ethyl adjacent to an activating group) is 1. The second kappa shape index (κ2) is 5.17.